The summed E-state index contributed by atoms with van der Waals surface area (Å²) < 4.78 is 0. The summed E-state index contributed by atoms with van der Waals surface area (Å²) in [6.45, 7) is 9.54. The molecule has 0 N–H and O–H groups in total. The molecule has 0 unspecified atom stereocenters. The van der Waals surface area contributed by atoms with Crippen molar-refractivity contribution >= 4 is 23.2 Å². The van der Waals surface area contributed by atoms with Crippen LogP contribution < -0.4 is 0 Å². The standard InChI is InChI=1S/C20H31N3O2S/c1-3-17-16(2)14-18(26-17)20(25)23-12-10-21(11-13-23)15-19(24)22-8-6-4-5-7-9-22/h14H,3-13,15H2,1-2H3. The van der Waals surface area contributed by atoms with E-state index in [1.54, 1.807) is 11.3 Å². The number of amides is 2. The van der Waals surface area contributed by atoms with Crippen molar-refractivity contribution in [3.63, 3.8) is 0 Å². The van der Waals surface area contributed by atoms with E-state index in [1.807, 2.05) is 15.9 Å². The van der Waals surface area contributed by atoms with Gasteiger partial charge < -0.3 is 9.80 Å². The highest BCUT2D eigenvalue weighted by atomic mass is 32.1. The number of likely N-dealkylation sites (tertiary alicyclic amines) is 1. The highest BCUT2D eigenvalue weighted by Crippen LogP contribution is 2.24. The molecule has 5 nitrogen and oxygen atoms in total. The summed E-state index contributed by atoms with van der Waals surface area (Å²) in [5, 5.41) is 0. The van der Waals surface area contributed by atoms with E-state index in [1.165, 1.54) is 23.3 Å². The Morgan fingerprint density at radius 1 is 0.962 bits per heavy atom. The van der Waals surface area contributed by atoms with Crippen molar-refractivity contribution < 1.29 is 9.59 Å². The molecular weight excluding hydrogens is 346 g/mol. The second-order valence-electron chi connectivity index (χ2n) is 7.43. The lowest BCUT2D eigenvalue weighted by atomic mass is 10.2. The molecule has 0 aromatic carbocycles. The fraction of sp³-hybridized carbons (Fsp3) is 0.700. The molecule has 0 atom stereocenters. The van der Waals surface area contributed by atoms with Gasteiger partial charge >= 0.3 is 0 Å². The minimum Gasteiger partial charge on any atom is -0.342 e. The Morgan fingerprint density at radius 2 is 1.62 bits per heavy atom. The molecule has 0 saturated carbocycles. The molecule has 3 heterocycles. The number of piperazine rings is 1. The molecule has 6 heteroatoms. The van der Waals surface area contributed by atoms with Crippen LogP contribution in [0, 0.1) is 6.92 Å². The van der Waals surface area contributed by atoms with Crippen molar-refractivity contribution in [1.29, 1.82) is 0 Å². The lowest BCUT2D eigenvalue weighted by Gasteiger charge is -2.35. The van der Waals surface area contributed by atoms with Gasteiger partial charge in [-0.1, -0.05) is 19.8 Å². The van der Waals surface area contributed by atoms with E-state index >= 15 is 0 Å². The number of nitrogens with zero attached hydrogens (tertiary/aromatic N) is 3. The van der Waals surface area contributed by atoms with Crippen molar-refractivity contribution in [2.45, 2.75) is 46.0 Å². The van der Waals surface area contributed by atoms with E-state index in [4.69, 9.17) is 0 Å². The van der Waals surface area contributed by atoms with Crippen molar-refractivity contribution in [2.24, 2.45) is 0 Å². The maximum atomic E-state index is 12.7. The van der Waals surface area contributed by atoms with Crippen molar-refractivity contribution in [1.82, 2.24) is 14.7 Å². The molecule has 2 aliphatic rings. The smallest absolute Gasteiger partial charge is 0.264 e. The third-order valence-corrected chi connectivity index (χ3v) is 6.90. The third-order valence-electron chi connectivity index (χ3n) is 5.53. The zero-order valence-corrected chi connectivity index (χ0v) is 16.9. The Labute approximate surface area is 161 Å². The Hall–Kier alpha value is -1.40. The highest BCUT2D eigenvalue weighted by Gasteiger charge is 2.26. The average Bonchev–Trinajstić information content (AvgIpc) is 2.85. The van der Waals surface area contributed by atoms with Crippen molar-refractivity contribution in [3.8, 4) is 0 Å². The van der Waals surface area contributed by atoms with E-state index in [0.29, 0.717) is 19.6 Å². The molecule has 1 aromatic heterocycles. The Morgan fingerprint density at radius 3 is 2.19 bits per heavy atom. The van der Waals surface area contributed by atoms with Crippen LogP contribution in [0.25, 0.3) is 0 Å². The molecule has 2 fully saturated rings. The normalized spacial score (nSPS) is 19.5. The minimum atomic E-state index is 0.149. The van der Waals surface area contributed by atoms with Crippen LogP contribution in [0.1, 0.15) is 52.7 Å². The summed E-state index contributed by atoms with van der Waals surface area (Å²) in [5.74, 6) is 0.407. The molecule has 144 valence electrons. The van der Waals surface area contributed by atoms with Gasteiger partial charge in [-0.05, 0) is 37.8 Å². The number of hydrogen-bond acceptors (Lipinski definition) is 4. The predicted molar refractivity (Wildman–Crippen MR) is 106 cm³/mol. The number of aryl methyl sites for hydroxylation is 2. The predicted octanol–water partition coefficient (Wildman–Crippen LogP) is 2.78. The van der Waals surface area contributed by atoms with Gasteiger partial charge in [0.1, 0.15) is 0 Å². The van der Waals surface area contributed by atoms with Crippen molar-refractivity contribution in [3.05, 3.63) is 21.4 Å². The quantitative estimate of drug-likeness (QED) is 0.810. The van der Waals surface area contributed by atoms with Crippen LogP contribution in [-0.4, -0.2) is 72.3 Å². The number of thiophene rings is 1. The number of carbonyl (C=O) groups is 2. The summed E-state index contributed by atoms with van der Waals surface area (Å²) in [4.78, 5) is 33.6. The van der Waals surface area contributed by atoms with Crippen LogP contribution in [0.3, 0.4) is 0 Å². The zero-order chi connectivity index (χ0) is 18.5. The summed E-state index contributed by atoms with van der Waals surface area (Å²) in [5.41, 5.74) is 1.22. The van der Waals surface area contributed by atoms with Gasteiger partial charge in [0.2, 0.25) is 5.91 Å². The number of hydrogen-bond donors (Lipinski definition) is 0. The van der Waals surface area contributed by atoms with Crippen LogP contribution in [-0.2, 0) is 11.2 Å². The summed E-state index contributed by atoms with van der Waals surface area (Å²) in [6.07, 6.45) is 5.73. The van der Waals surface area contributed by atoms with E-state index in [-0.39, 0.29) is 11.8 Å². The molecule has 0 aliphatic carbocycles. The van der Waals surface area contributed by atoms with E-state index in [9.17, 15) is 9.59 Å². The lowest BCUT2D eigenvalue weighted by molar-refractivity contribution is -0.132. The third kappa shape index (κ3) is 4.65. The second-order valence-corrected chi connectivity index (χ2v) is 8.57. The summed E-state index contributed by atoms with van der Waals surface area (Å²) in [6, 6.07) is 2.03. The second kappa shape index (κ2) is 9.00. The average molecular weight is 378 g/mol. The fourth-order valence-electron chi connectivity index (χ4n) is 3.85. The van der Waals surface area contributed by atoms with Gasteiger partial charge in [-0.25, -0.2) is 0 Å². The van der Waals surface area contributed by atoms with Gasteiger partial charge in [-0.2, -0.15) is 0 Å². The molecule has 3 rings (SSSR count). The first-order chi connectivity index (χ1) is 12.6. The van der Waals surface area contributed by atoms with Gasteiger partial charge in [0, 0.05) is 44.1 Å². The molecule has 0 bridgehead atoms. The first-order valence-electron chi connectivity index (χ1n) is 9.97. The van der Waals surface area contributed by atoms with Crippen LogP contribution in [0.4, 0.5) is 0 Å². The molecular formula is C20H31N3O2S. The molecule has 26 heavy (non-hydrogen) atoms. The van der Waals surface area contributed by atoms with E-state index < -0.39 is 0 Å². The summed E-state index contributed by atoms with van der Waals surface area (Å²) in [7, 11) is 0. The zero-order valence-electron chi connectivity index (χ0n) is 16.1. The molecule has 2 amide bonds. The van der Waals surface area contributed by atoms with Gasteiger partial charge in [0.25, 0.3) is 5.91 Å². The van der Waals surface area contributed by atoms with Crippen molar-refractivity contribution in [2.75, 3.05) is 45.8 Å². The van der Waals surface area contributed by atoms with Gasteiger partial charge in [-0.3, -0.25) is 14.5 Å². The Balaban J connectivity index is 1.48. The van der Waals surface area contributed by atoms with Crippen LogP contribution >= 0.6 is 11.3 Å². The minimum absolute atomic E-state index is 0.149. The fourth-order valence-corrected chi connectivity index (χ4v) is 4.93. The highest BCUT2D eigenvalue weighted by molar-refractivity contribution is 7.14. The Bertz CT molecular complexity index is 627. The maximum Gasteiger partial charge on any atom is 0.264 e. The molecule has 1 aromatic rings. The van der Waals surface area contributed by atoms with E-state index in [2.05, 4.69) is 18.7 Å². The van der Waals surface area contributed by atoms with Gasteiger partial charge in [-0.15, -0.1) is 11.3 Å². The molecule has 2 saturated heterocycles. The topological polar surface area (TPSA) is 43.9 Å². The van der Waals surface area contributed by atoms with Crippen LogP contribution in [0.2, 0.25) is 0 Å². The van der Waals surface area contributed by atoms with Gasteiger partial charge in [0.15, 0.2) is 0 Å². The summed E-state index contributed by atoms with van der Waals surface area (Å²) >= 11 is 1.63. The van der Waals surface area contributed by atoms with Crippen LogP contribution in [0.5, 0.6) is 0 Å². The lowest BCUT2D eigenvalue weighted by Crippen LogP contribution is -2.51. The first-order valence-corrected chi connectivity index (χ1v) is 10.8. The SMILES string of the molecule is CCc1sc(C(=O)N2CCN(CC(=O)N3CCCCCC3)CC2)cc1C. The molecule has 2 aliphatic heterocycles. The number of rotatable bonds is 4. The number of carbonyl (C=O) groups excluding carboxylic acids is 2. The first kappa shape index (κ1) is 19.4. The largest absolute Gasteiger partial charge is 0.342 e. The maximum absolute atomic E-state index is 12.7. The van der Waals surface area contributed by atoms with Gasteiger partial charge in [0.05, 0.1) is 11.4 Å². The van der Waals surface area contributed by atoms with Crippen LogP contribution in [0.15, 0.2) is 6.07 Å². The molecule has 0 radical (unpaired) electrons. The van der Waals surface area contributed by atoms with E-state index in [0.717, 1.165) is 50.3 Å². The monoisotopic (exact) mass is 377 g/mol. The Kier molecular flexibility index (Phi) is 6.70. The molecule has 0 spiro atoms.